The summed E-state index contributed by atoms with van der Waals surface area (Å²) in [4.78, 5) is 16.3. The van der Waals surface area contributed by atoms with E-state index in [0.717, 1.165) is 23.1 Å². The van der Waals surface area contributed by atoms with Crippen molar-refractivity contribution in [3.8, 4) is 0 Å². The highest BCUT2D eigenvalue weighted by Gasteiger charge is 2.19. The van der Waals surface area contributed by atoms with Crippen LogP contribution in [0.15, 0.2) is 24.4 Å². The van der Waals surface area contributed by atoms with Gasteiger partial charge in [-0.05, 0) is 19.4 Å². The Morgan fingerprint density at radius 1 is 1.50 bits per heavy atom. The Hall–Kier alpha value is -2.41. The Balaban J connectivity index is 1.67. The number of aryl methyl sites for hydroxylation is 2. The molecule has 2 atom stereocenters. The zero-order valence-electron chi connectivity index (χ0n) is 12.6. The smallest absolute Gasteiger partial charge is 0.319 e. The van der Waals surface area contributed by atoms with Crippen molar-refractivity contribution in [3.05, 3.63) is 30.1 Å². The fraction of sp³-hybridized carbons (Fsp3) is 0.400. The predicted octanol–water partition coefficient (Wildman–Crippen LogP) is 1.34. The van der Waals surface area contributed by atoms with Crippen LogP contribution >= 0.6 is 0 Å². The first-order valence-electron chi connectivity index (χ1n) is 7.23. The van der Waals surface area contributed by atoms with Gasteiger partial charge < -0.3 is 15.7 Å². The zero-order valence-corrected chi connectivity index (χ0v) is 12.6. The number of rotatable bonds is 3. The molecule has 0 saturated heterocycles. The minimum atomic E-state index is -0.282. The summed E-state index contributed by atoms with van der Waals surface area (Å²) < 4.78 is 1.72. The number of urea groups is 1. The Bertz CT molecular complexity index is 737. The molecule has 0 radical (unpaired) electrons. The number of fused-ring (bicyclic) bond motifs is 1. The second-order valence-electron chi connectivity index (χ2n) is 5.57. The molecule has 0 saturated carbocycles. The van der Waals surface area contributed by atoms with Crippen molar-refractivity contribution in [2.24, 2.45) is 13.0 Å². The lowest BCUT2D eigenvalue weighted by molar-refractivity contribution is 0.238. The van der Waals surface area contributed by atoms with Crippen LogP contribution in [0.1, 0.15) is 12.1 Å². The van der Waals surface area contributed by atoms with E-state index in [1.807, 2.05) is 32.2 Å². The van der Waals surface area contributed by atoms with Crippen LogP contribution in [0.25, 0.3) is 11.0 Å². The number of nitrogens with zero attached hydrogens (tertiary/aromatic N) is 3. The molecule has 7 heteroatoms. The monoisotopic (exact) mass is 301 g/mol. The van der Waals surface area contributed by atoms with Crippen LogP contribution in [-0.4, -0.2) is 38.6 Å². The number of anilines is 1. The minimum Gasteiger partial charge on any atom is -0.396 e. The zero-order chi connectivity index (χ0) is 15.7. The van der Waals surface area contributed by atoms with Crippen molar-refractivity contribution < 1.29 is 9.90 Å². The van der Waals surface area contributed by atoms with Crippen molar-refractivity contribution in [2.45, 2.75) is 19.4 Å². The molecule has 1 aliphatic rings. The number of aliphatic hydroxyl groups excluding tert-OH is 1. The normalized spacial score (nSPS) is 20.5. The Morgan fingerprint density at radius 2 is 2.32 bits per heavy atom. The lowest BCUT2D eigenvalue weighted by Gasteiger charge is -2.13. The third-order valence-electron chi connectivity index (χ3n) is 3.84. The average Bonchev–Trinajstić information content (AvgIpc) is 3.04. The topological polar surface area (TPSA) is 92.1 Å². The third kappa shape index (κ3) is 2.80. The van der Waals surface area contributed by atoms with E-state index in [0.29, 0.717) is 5.69 Å². The SMILES string of the molecule is Cc1nn(C)c2ncc(NC(=O)N[C@@H]3C=C[C@H](CO)C3)cc12. The molecule has 1 aliphatic carbocycles. The largest absolute Gasteiger partial charge is 0.396 e. The van der Waals surface area contributed by atoms with Crippen LogP contribution in [0.3, 0.4) is 0 Å². The molecule has 0 unspecified atom stereocenters. The van der Waals surface area contributed by atoms with Crippen LogP contribution in [-0.2, 0) is 7.05 Å². The Morgan fingerprint density at radius 3 is 3.05 bits per heavy atom. The molecule has 0 bridgehead atoms. The van der Waals surface area contributed by atoms with Crippen LogP contribution < -0.4 is 10.6 Å². The van der Waals surface area contributed by atoms with Crippen molar-refractivity contribution in [3.63, 3.8) is 0 Å². The van der Waals surface area contributed by atoms with Gasteiger partial charge in [0.05, 0.1) is 17.6 Å². The van der Waals surface area contributed by atoms with Gasteiger partial charge in [0.2, 0.25) is 0 Å². The standard InChI is InChI=1S/C15H19N5O2/c1-9-13-6-12(7-16-14(13)20(2)19-9)18-15(22)17-11-4-3-10(5-11)8-21/h3-4,6-7,10-11,21H,5,8H2,1-2H3,(H2,17,18,22)/t10-,11+/m0/s1. The van der Waals surface area contributed by atoms with Gasteiger partial charge in [-0.3, -0.25) is 4.68 Å². The molecule has 0 aromatic carbocycles. The molecule has 7 nitrogen and oxygen atoms in total. The molecule has 2 aromatic heterocycles. The highest BCUT2D eigenvalue weighted by atomic mass is 16.3. The molecule has 0 fully saturated rings. The van der Waals surface area contributed by atoms with Crippen molar-refractivity contribution in [2.75, 3.05) is 11.9 Å². The van der Waals surface area contributed by atoms with E-state index in [4.69, 9.17) is 5.11 Å². The summed E-state index contributed by atoms with van der Waals surface area (Å²) in [5, 5.41) is 20.0. The fourth-order valence-electron chi connectivity index (χ4n) is 2.73. The number of carbonyl (C=O) groups is 1. The first kappa shape index (κ1) is 14.5. The Kier molecular flexibility index (Phi) is 3.81. The molecule has 116 valence electrons. The summed E-state index contributed by atoms with van der Waals surface area (Å²) in [6.07, 6.45) is 6.18. The second-order valence-corrected chi connectivity index (χ2v) is 5.57. The van der Waals surface area contributed by atoms with Crippen molar-refractivity contribution in [1.82, 2.24) is 20.1 Å². The van der Waals surface area contributed by atoms with Gasteiger partial charge in [0.15, 0.2) is 5.65 Å². The highest BCUT2D eigenvalue weighted by Crippen LogP contribution is 2.20. The number of nitrogens with one attached hydrogen (secondary N) is 2. The summed E-state index contributed by atoms with van der Waals surface area (Å²) in [6.45, 7) is 2.02. The van der Waals surface area contributed by atoms with Crippen LogP contribution in [0, 0.1) is 12.8 Å². The van der Waals surface area contributed by atoms with Crippen LogP contribution in [0.5, 0.6) is 0 Å². The van der Waals surface area contributed by atoms with Gasteiger partial charge in [-0.15, -0.1) is 0 Å². The van der Waals surface area contributed by atoms with Gasteiger partial charge in [0.25, 0.3) is 0 Å². The van der Waals surface area contributed by atoms with Crippen molar-refractivity contribution >= 4 is 22.8 Å². The number of pyridine rings is 1. The van der Waals surface area contributed by atoms with Gasteiger partial charge >= 0.3 is 6.03 Å². The number of hydrogen-bond donors (Lipinski definition) is 3. The summed E-state index contributed by atoms with van der Waals surface area (Å²) in [5.74, 6) is 0.126. The summed E-state index contributed by atoms with van der Waals surface area (Å²) in [5.41, 5.74) is 2.29. The lowest BCUT2D eigenvalue weighted by atomic mass is 10.1. The van der Waals surface area contributed by atoms with E-state index in [-0.39, 0.29) is 24.6 Å². The number of amides is 2. The quantitative estimate of drug-likeness (QED) is 0.746. The third-order valence-corrected chi connectivity index (χ3v) is 3.84. The molecule has 22 heavy (non-hydrogen) atoms. The van der Waals surface area contributed by atoms with E-state index in [1.54, 1.807) is 10.9 Å². The number of aliphatic hydroxyl groups is 1. The maximum absolute atomic E-state index is 12.0. The molecule has 0 aliphatic heterocycles. The molecule has 2 heterocycles. The van der Waals surface area contributed by atoms with E-state index < -0.39 is 0 Å². The summed E-state index contributed by atoms with van der Waals surface area (Å²) >= 11 is 0. The molecular formula is C15H19N5O2. The molecule has 2 amide bonds. The number of aromatic nitrogens is 3. The molecule has 2 aromatic rings. The van der Waals surface area contributed by atoms with Gasteiger partial charge in [-0.25, -0.2) is 9.78 Å². The maximum atomic E-state index is 12.0. The first-order valence-corrected chi connectivity index (χ1v) is 7.23. The number of carbonyl (C=O) groups excluding carboxylic acids is 1. The van der Waals surface area contributed by atoms with E-state index in [2.05, 4.69) is 20.7 Å². The van der Waals surface area contributed by atoms with E-state index in [1.165, 1.54) is 0 Å². The lowest BCUT2D eigenvalue weighted by Crippen LogP contribution is -2.36. The van der Waals surface area contributed by atoms with Crippen LogP contribution in [0.2, 0.25) is 0 Å². The van der Waals surface area contributed by atoms with E-state index in [9.17, 15) is 4.79 Å². The molecule has 3 rings (SSSR count). The first-order chi connectivity index (χ1) is 10.6. The predicted molar refractivity (Wildman–Crippen MR) is 83.5 cm³/mol. The summed E-state index contributed by atoms with van der Waals surface area (Å²) in [6, 6.07) is 1.54. The second kappa shape index (κ2) is 5.76. The summed E-state index contributed by atoms with van der Waals surface area (Å²) in [7, 11) is 1.84. The van der Waals surface area contributed by atoms with Gasteiger partial charge in [0.1, 0.15) is 0 Å². The number of hydrogen-bond acceptors (Lipinski definition) is 4. The minimum absolute atomic E-state index is 0.0473. The van der Waals surface area contributed by atoms with Crippen molar-refractivity contribution in [1.29, 1.82) is 0 Å². The molecule has 3 N–H and O–H groups in total. The van der Waals surface area contributed by atoms with Gasteiger partial charge in [-0.2, -0.15) is 5.10 Å². The van der Waals surface area contributed by atoms with Gasteiger partial charge in [0, 0.05) is 31.0 Å². The average molecular weight is 301 g/mol. The Labute approximate surface area is 128 Å². The molecule has 0 spiro atoms. The fourth-order valence-corrected chi connectivity index (χ4v) is 2.73. The van der Waals surface area contributed by atoms with Gasteiger partial charge in [-0.1, -0.05) is 12.2 Å². The van der Waals surface area contributed by atoms with E-state index >= 15 is 0 Å². The maximum Gasteiger partial charge on any atom is 0.319 e. The van der Waals surface area contributed by atoms with Crippen LogP contribution in [0.4, 0.5) is 10.5 Å². The molecular weight excluding hydrogens is 282 g/mol. The highest BCUT2D eigenvalue weighted by molar-refractivity contribution is 5.92.